The number of ether oxygens (including phenoxy) is 1. The summed E-state index contributed by atoms with van der Waals surface area (Å²) in [6.07, 6.45) is 6.27. The van der Waals surface area contributed by atoms with E-state index in [1.807, 2.05) is 12.1 Å². The second-order valence-corrected chi connectivity index (χ2v) is 5.11. The lowest BCUT2D eigenvalue weighted by Crippen LogP contribution is -2.32. The first-order chi connectivity index (χ1) is 8.85. The quantitative estimate of drug-likeness (QED) is 0.600. The molecule has 0 radical (unpaired) electrons. The van der Waals surface area contributed by atoms with Crippen LogP contribution < -0.4 is 16.0 Å². The summed E-state index contributed by atoms with van der Waals surface area (Å²) in [6.45, 7) is 2.89. The minimum atomic E-state index is 0.285. The first kappa shape index (κ1) is 13.4. The monoisotopic (exact) mass is 248 g/mol. The Balaban J connectivity index is 2.02. The fraction of sp³-hybridized carbons (Fsp3) is 0.600. The highest BCUT2D eigenvalue weighted by Crippen LogP contribution is 2.35. The Hall–Kier alpha value is -1.06. The highest BCUT2D eigenvalue weighted by molar-refractivity contribution is 5.29. The van der Waals surface area contributed by atoms with Crippen molar-refractivity contribution in [1.82, 2.24) is 5.43 Å². The Morgan fingerprint density at radius 2 is 1.94 bits per heavy atom. The summed E-state index contributed by atoms with van der Waals surface area (Å²) in [5.41, 5.74) is 4.25. The Kier molecular flexibility index (Phi) is 5.02. The maximum absolute atomic E-state index is 5.72. The Morgan fingerprint density at radius 3 is 2.50 bits per heavy atom. The lowest BCUT2D eigenvalue weighted by Gasteiger charge is -2.23. The summed E-state index contributed by atoms with van der Waals surface area (Å²) in [5.74, 6) is 7.35. The summed E-state index contributed by atoms with van der Waals surface area (Å²) in [7, 11) is 0. The van der Waals surface area contributed by atoms with E-state index in [2.05, 4.69) is 24.5 Å². The third-order valence-corrected chi connectivity index (χ3v) is 3.76. The molecule has 1 atom stereocenters. The number of hydrogen-bond donors (Lipinski definition) is 2. The van der Waals surface area contributed by atoms with Gasteiger partial charge in [-0.1, -0.05) is 31.9 Å². The summed E-state index contributed by atoms with van der Waals surface area (Å²) in [6, 6.07) is 8.64. The van der Waals surface area contributed by atoms with Crippen molar-refractivity contribution in [1.29, 1.82) is 0 Å². The highest BCUT2D eigenvalue weighted by Gasteiger charge is 2.25. The molecular weight excluding hydrogens is 224 g/mol. The smallest absolute Gasteiger partial charge is 0.119 e. The number of nitrogens with two attached hydrogens (primary N) is 1. The Labute approximate surface area is 110 Å². The number of nitrogens with one attached hydrogen (secondary N) is 1. The van der Waals surface area contributed by atoms with Gasteiger partial charge in [-0.25, -0.2) is 0 Å². The standard InChI is InChI=1S/C15H24N2O/c1-2-11-18-14-9-7-13(8-10-14)15(17-16)12-5-3-4-6-12/h7-10,12,15,17H,2-6,11,16H2,1H3. The van der Waals surface area contributed by atoms with Crippen molar-refractivity contribution in [2.45, 2.75) is 45.1 Å². The molecule has 0 bridgehead atoms. The molecule has 0 heterocycles. The third-order valence-electron chi connectivity index (χ3n) is 3.76. The number of hydrazine groups is 1. The van der Waals surface area contributed by atoms with Gasteiger partial charge in [0.05, 0.1) is 6.61 Å². The lowest BCUT2D eigenvalue weighted by atomic mass is 9.92. The van der Waals surface area contributed by atoms with Crippen LogP contribution in [0.5, 0.6) is 5.75 Å². The van der Waals surface area contributed by atoms with Crippen LogP contribution in [0.2, 0.25) is 0 Å². The van der Waals surface area contributed by atoms with Crippen molar-refractivity contribution in [3.8, 4) is 5.75 Å². The van der Waals surface area contributed by atoms with Gasteiger partial charge in [0, 0.05) is 6.04 Å². The van der Waals surface area contributed by atoms with Gasteiger partial charge in [0.1, 0.15) is 5.75 Å². The van der Waals surface area contributed by atoms with E-state index in [-0.39, 0.29) is 6.04 Å². The van der Waals surface area contributed by atoms with Crippen LogP contribution >= 0.6 is 0 Å². The summed E-state index contributed by atoms with van der Waals surface area (Å²) < 4.78 is 5.60. The minimum absolute atomic E-state index is 0.285. The van der Waals surface area contributed by atoms with E-state index in [1.165, 1.54) is 31.2 Å². The van der Waals surface area contributed by atoms with E-state index >= 15 is 0 Å². The van der Waals surface area contributed by atoms with Crippen molar-refractivity contribution in [2.75, 3.05) is 6.61 Å². The molecular formula is C15H24N2O. The second-order valence-electron chi connectivity index (χ2n) is 5.11. The zero-order chi connectivity index (χ0) is 12.8. The number of rotatable bonds is 6. The van der Waals surface area contributed by atoms with Gasteiger partial charge in [-0.05, 0) is 42.9 Å². The fourth-order valence-corrected chi connectivity index (χ4v) is 2.79. The van der Waals surface area contributed by atoms with Gasteiger partial charge < -0.3 is 4.74 Å². The van der Waals surface area contributed by atoms with Crippen molar-refractivity contribution in [3.05, 3.63) is 29.8 Å². The largest absolute Gasteiger partial charge is 0.494 e. The summed E-state index contributed by atoms with van der Waals surface area (Å²) in [4.78, 5) is 0. The number of benzene rings is 1. The van der Waals surface area contributed by atoms with Crippen molar-refractivity contribution >= 4 is 0 Å². The van der Waals surface area contributed by atoms with Gasteiger partial charge in [0.2, 0.25) is 0 Å². The molecule has 3 heteroatoms. The molecule has 3 N–H and O–H groups in total. The first-order valence-corrected chi connectivity index (χ1v) is 7.04. The van der Waals surface area contributed by atoms with Crippen molar-refractivity contribution in [2.24, 2.45) is 11.8 Å². The van der Waals surface area contributed by atoms with Crippen molar-refractivity contribution < 1.29 is 4.74 Å². The van der Waals surface area contributed by atoms with Gasteiger partial charge in [0.25, 0.3) is 0 Å². The molecule has 1 saturated carbocycles. The van der Waals surface area contributed by atoms with Crippen LogP contribution in [-0.4, -0.2) is 6.61 Å². The predicted octanol–water partition coefficient (Wildman–Crippen LogP) is 3.17. The molecule has 0 aliphatic heterocycles. The molecule has 18 heavy (non-hydrogen) atoms. The normalized spacial score (nSPS) is 17.9. The van der Waals surface area contributed by atoms with Crippen LogP contribution in [0.15, 0.2) is 24.3 Å². The Bertz CT molecular complexity index is 344. The first-order valence-electron chi connectivity index (χ1n) is 7.04. The van der Waals surface area contributed by atoms with E-state index in [4.69, 9.17) is 10.6 Å². The molecule has 100 valence electrons. The van der Waals surface area contributed by atoms with Crippen LogP contribution in [0.3, 0.4) is 0 Å². The van der Waals surface area contributed by atoms with E-state index < -0.39 is 0 Å². The maximum atomic E-state index is 5.72. The van der Waals surface area contributed by atoms with Gasteiger partial charge in [0.15, 0.2) is 0 Å². The Morgan fingerprint density at radius 1 is 1.28 bits per heavy atom. The minimum Gasteiger partial charge on any atom is -0.494 e. The molecule has 1 unspecified atom stereocenters. The number of hydrogen-bond acceptors (Lipinski definition) is 3. The lowest BCUT2D eigenvalue weighted by molar-refractivity contribution is 0.316. The molecule has 0 amide bonds. The average molecular weight is 248 g/mol. The van der Waals surface area contributed by atoms with E-state index in [0.717, 1.165) is 18.8 Å². The van der Waals surface area contributed by atoms with Crippen LogP contribution in [0.1, 0.15) is 50.6 Å². The molecule has 1 aromatic rings. The molecule has 2 rings (SSSR count). The maximum Gasteiger partial charge on any atom is 0.119 e. The molecule has 0 aromatic heterocycles. The van der Waals surface area contributed by atoms with Crippen LogP contribution in [0.4, 0.5) is 0 Å². The third kappa shape index (κ3) is 3.24. The van der Waals surface area contributed by atoms with E-state index in [0.29, 0.717) is 5.92 Å². The van der Waals surface area contributed by atoms with E-state index in [9.17, 15) is 0 Å². The molecule has 1 aromatic carbocycles. The van der Waals surface area contributed by atoms with Crippen LogP contribution in [-0.2, 0) is 0 Å². The van der Waals surface area contributed by atoms with Crippen LogP contribution in [0.25, 0.3) is 0 Å². The highest BCUT2D eigenvalue weighted by atomic mass is 16.5. The van der Waals surface area contributed by atoms with Gasteiger partial charge in [-0.2, -0.15) is 0 Å². The fourth-order valence-electron chi connectivity index (χ4n) is 2.79. The molecule has 1 aliphatic rings. The van der Waals surface area contributed by atoms with Gasteiger partial charge in [-0.15, -0.1) is 0 Å². The molecule has 0 saturated heterocycles. The zero-order valence-corrected chi connectivity index (χ0v) is 11.2. The molecule has 1 aliphatic carbocycles. The molecule has 3 nitrogen and oxygen atoms in total. The van der Waals surface area contributed by atoms with Gasteiger partial charge >= 0.3 is 0 Å². The predicted molar refractivity (Wildman–Crippen MR) is 74.3 cm³/mol. The van der Waals surface area contributed by atoms with Gasteiger partial charge in [-0.3, -0.25) is 11.3 Å². The topological polar surface area (TPSA) is 47.3 Å². The second kappa shape index (κ2) is 6.76. The molecule has 1 fully saturated rings. The van der Waals surface area contributed by atoms with E-state index in [1.54, 1.807) is 0 Å². The SMILES string of the molecule is CCCOc1ccc(C(NN)C2CCCC2)cc1. The van der Waals surface area contributed by atoms with Crippen molar-refractivity contribution in [3.63, 3.8) is 0 Å². The zero-order valence-electron chi connectivity index (χ0n) is 11.2. The molecule has 0 spiro atoms. The van der Waals surface area contributed by atoms with Crippen LogP contribution in [0, 0.1) is 5.92 Å². The summed E-state index contributed by atoms with van der Waals surface area (Å²) >= 11 is 0. The average Bonchev–Trinajstić information content (AvgIpc) is 2.93. The summed E-state index contributed by atoms with van der Waals surface area (Å²) in [5, 5.41) is 0.